The predicted molar refractivity (Wildman–Crippen MR) is 66.5 cm³/mol. The van der Waals surface area contributed by atoms with E-state index in [1.165, 1.54) is 12.1 Å². The summed E-state index contributed by atoms with van der Waals surface area (Å²) in [5.41, 5.74) is 0.00664. The number of nitrogens with one attached hydrogen (secondary N) is 1. The number of aliphatic hydroxyl groups excluding tert-OH is 1. The predicted octanol–water partition coefficient (Wildman–Crippen LogP) is 2.95. The van der Waals surface area contributed by atoms with E-state index in [-0.39, 0.29) is 17.6 Å². The molecule has 1 aromatic carbocycles. The van der Waals surface area contributed by atoms with Gasteiger partial charge in [-0.15, -0.1) is 0 Å². The van der Waals surface area contributed by atoms with Gasteiger partial charge in [0, 0.05) is 18.0 Å². The van der Waals surface area contributed by atoms with Crippen molar-refractivity contribution in [2.24, 2.45) is 5.41 Å². The number of hydrogen-bond donors (Lipinski definition) is 2. The average Bonchev–Trinajstić information content (AvgIpc) is 2.33. The molecular formula is C14H18F3NO. The van der Waals surface area contributed by atoms with Crippen LogP contribution in [0.5, 0.6) is 0 Å². The van der Waals surface area contributed by atoms with E-state index >= 15 is 0 Å². The Hall–Kier alpha value is -1.07. The largest absolute Gasteiger partial charge is 0.416 e. The van der Waals surface area contributed by atoms with Crippen molar-refractivity contribution in [3.8, 4) is 0 Å². The van der Waals surface area contributed by atoms with Gasteiger partial charge in [0.05, 0.1) is 11.7 Å². The Morgan fingerprint density at radius 1 is 1.26 bits per heavy atom. The third kappa shape index (κ3) is 2.92. The summed E-state index contributed by atoms with van der Waals surface area (Å²) < 4.78 is 37.2. The Bertz CT molecular complexity index is 439. The van der Waals surface area contributed by atoms with Crippen LogP contribution in [-0.2, 0) is 12.7 Å². The van der Waals surface area contributed by atoms with Crippen molar-refractivity contribution in [3.63, 3.8) is 0 Å². The van der Waals surface area contributed by atoms with Crippen molar-refractivity contribution in [1.82, 2.24) is 5.32 Å². The van der Waals surface area contributed by atoms with Crippen molar-refractivity contribution < 1.29 is 18.3 Å². The minimum Gasteiger partial charge on any atom is -0.392 e. The summed E-state index contributed by atoms with van der Waals surface area (Å²) in [7, 11) is 0. The molecule has 0 amide bonds. The van der Waals surface area contributed by atoms with E-state index in [0.717, 1.165) is 17.7 Å². The first kappa shape index (κ1) is 14.3. The molecule has 19 heavy (non-hydrogen) atoms. The lowest BCUT2D eigenvalue weighted by atomic mass is 9.64. The van der Waals surface area contributed by atoms with Crippen LogP contribution in [0.15, 0.2) is 24.3 Å². The molecular weight excluding hydrogens is 255 g/mol. The molecule has 5 heteroatoms. The molecule has 0 heterocycles. The van der Waals surface area contributed by atoms with Crippen LogP contribution in [0.4, 0.5) is 13.2 Å². The number of rotatable bonds is 3. The topological polar surface area (TPSA) is 32.3 Å². The van der Waals surface area contributed by atoms with Gasteiger partial charge >= 0.3 is 6.18 Å². The lowest BCUT2D eigenvalue weighted by Crippen LogP contribution is -2.59. The highest BCUT2D eigenvalue weighted by atomic mass is 19.4. The van der Waals surface area contributed by atoms with E-state index in [1.807, 2.05) is 13.8 Å². The van der Waals surface area contributed by atoms with Crippen LogP contribution in [0.3, 0.4) is 0 Å². The van der Waals surface area contributed by atoms with E-state index < -0.39 is 11.7 Å². The van der Waals surface area contributed by atoms with Crippen molar-refractivity contribution >= 4 is 0 Å². The van der Waals surface area contributed by atoms with Gasteiger partial charge < -0.3 is 10.4 Å². The van der Waals surface area contributed by atoms with E-state index in [9.17, 15) is 18.3 Å². The average molecular weight is 273 g/mol. The van der Waals surface area contributed by atoms with Gasteiger partial charge in [-0.1, -0.05) is 26.0 Å². The lowest BCUT2D eigenvalue weighted by Gasteiger charge is -2.49. The maximum atomic E-state index is 12.4. The monoisotopic (exact) mass is 273 g/mol. The molecule has 1 fully saturated rings. The second-order valence-electron chi connectivity index (χ2n) is 5.70. The van der Waals surface area contributed by atoms with E-state index in [4.69, 9.17) is 0 Å². The first-order valence-corrected chi connectivity index (χ1v) is 6.29. The van der Waals surface area contributed by atoms with E-state index in [2.05, 4.69) is 5.32 Å². The summed E-state index contributed by atoms with van der Waals surface area (Å²) in [5, 5.41) is 12.9. The summed E-state index contributed by atoms with van der Waals surface area (Å²) in [6.07, 6.45) is -3.91. The minimum absolute atomic E-state index is 0.175. The second kappa shape index (κ2) is 4.80. The SMILES string of the molecule is CC1(C)C(O)CC1NCc1ccc(C(F)(F)F)cc1. The minimum atomic E-state index is -4.29. The molecule has 0 radical (unpaired) electrons. The standard InChI is InChI=1S/C14H18F3NO/c1-13(2)11(7-12(13)19)18-8-9-3-5-10(6-4-9)14(15,16)17/h3-6,11-12,18-19H,7-8H2,1-2H3. The van der Waals surface area contributed by atoms with E-state index in [1.54, 1.807) is 0 Å². The molecule has 2 nitrogen and oxygen atoms in total. The third-order valence-electron chi connectivity index (χ3n) is 4.05. The van der Waals surface area contributed by atoms with Crippen LogP contribution in [-0.4, -0.2) is 17.3 Å². The van der Waals surface area contributed by atoms with Crippen LogP contribution >= 0.6 is 0 Å². The highest BCUT2D eigenvalue weighted by molar-refractivity contribution is 5.24. The molecule has 2 N–H and O–H groups in total. The number of aliphatic hydroxyl groups is 1. The molecule has 0 saturated heterocycles. The number of hydrogen-bond acceptors (Lipinski definition) is 2. The van der Waals surface area contributed by atoms with Crippen LogP contribution in [0.1, 0.15) is 31.4 Å². The van der Waals surface area contributed by atoms with E-state index in [0.29, 0.717) is 13.0 Å². The molecule has 0 aliphatic heterocycles. The second-order valence-corrected chi connectivity index (χ2v) is 5.70. The van der Waals surface area contributed by atoms with Gasteiger partial charge in [0.1, 0.15) is 0 Å². The molecule has 1 aliphatic rings. The summed E-state index contributed by atoms with van der Waals surface area (Å²) in [6.45, 7) is 4.47. The molecule has 2 atom stereocenters. The molecule has 1 aliphatic carbocycles. The summed E-state index contributed by atoms with van der Waals surface area (Å²) in [6, 6.07) is 5.36. The van der Waals surface area contributed by atoms with Crippen LogP contribution < -0.4 is 5.32 Å². The molecule has 0 aromatic heterocycles. The summed E-state index contributed by atoms with van der Waals surface area (Å²) in [5.74, 6) is 0. The molecule has 1 aromatic rings. The zero-order valence-corrected chi connectivity index (χ0v) is 11.0. The van der Waals surface area contributed by atoms with Crippen LogP contribution in [0.2, 0.25) is 0 Å². The maximum Gasteiger partial charge on any atom is 0.416 e. The Morgan fingerprint density at radius 2 is 1.84 bits per heavy atom. The molecule has 2 unspecified atom stereocenters. The van der Waals surface area contributed by atoms with Crippen LogP contribution in [0, 0.1) is 5.41 Å². The fraction of sp³-hybridized carbons (Fsp3) is 0.571. The first-order chi connectivity index (χ1) is 8.71. The Labute approximate surface area is 110 Å². The Kier molecular flexibility index (Phi) is 3.62. The molecule has 106 valence electrons. The maximum absolute atomic E-state index is 12.4. The number of alkyl halides is 3. The highest BCUT2D eigenvalue weighted by Crippen LogP contribution is 2.40. The Morgan fingerprint density at radius 3 is 2.26 bits per heavy atom. The van der Waals surface area contributed by atoms with Gasteiger partial charge in [-0.05, 0) is 24.1 Å². The molecule has 0 bridgehead atoms. The van der Waals surface area contributed by atoms with Crippen molar-refractivity contribution in [1.29, 1.82) is 0 Å². The fourth-order valence-corrected chi connectivity index (χ4v) is 2.30. The van der Waals surface area contributed by atoms with Gasteiger partial charge in [-0.2, -0.15) is 13.2 Å². The summed E-state index contributed by atoms with van der Waals surface area (Å²) >= 11 is 0. The number of benzene rings is 1. The van der Waals surface area contributed by atoms with Crippen LogP contribution in [0.25, 0.3) is 0 Å². The van der Waals surface area contributed by atoms with Crippen molar-refractivity contribution in [2.45, 2.75) is 45.1 Å². The molecule has 2 rings (SSSR count). The van der Waals surface area contributed by atoms with Gasteiger partial charge in [0.15, 0.2) is 0 Å². The van der Waals surface area contributed by atoms with Crippen molar-refractivity contribution in [3.05, 3.63) is 35.4 Å². The zero-order chi connectivity index (χ0) is 14.3. The normalized spacial score (nSPS) is 26.0. The smallest absolute Gasteiger partial charge is 0.392 e. The summed E-state index contributed by atoms with van der Waals surface area (Å²) in [4.78, 5) is 0. The van der Waals surface area contributed by atoms with Gasteiger partial charge in [0.25, 0.3) is 0 Å². The molecule has 1 saturated carbocycles. The first-order valence-electron chi connectivity index (χ1n) is 6.29. The third-order valence-corrected chi connectivity index (χ3v) is 4.05. The fourth-order valence-electron chi connectivity index (χ4n) is 2.30. The van der Waals surface area contributed by atoms with Gasteiger partial charge in [-0.3, -0.25) is 0 Å². The zero-order valence-electron chi connectivity index (χ0n) is 11.0. The van der Waals surface area contributed by atoms with Crippen molar-refractivity contribution in [2.75, 3.05) is 0 Å². The number of halogens is 3. The molecule has 0 spiro atoms. The lowest BCUT2D eigenvalue weighted by molar-refractivity contribution is -0.137. The van der Waals surface area contributed by atoms with Gasteiger partial charge in [-0.25, -0.2) is 0 Å². The Balaban J connectivity index is 1.91. The van der Waals surface area contributed by atoms with Gasteiger partial charge in [0.2, 0.25) is 0 Å². The quantitative estimate of drug-likeness (QED) is 0.887. The highest BCUT2D eigenvalue weighted by Gasteiger charge is 2.46.